The molecule has 0 bridgehead atoms. The third-order valence-electron chi connectivity index (χ3n) is 5.21. The van der Waals surface area contributed by atoms with E-state index in [-0.39, 0.29) is 22.7 Å². The van der Waals surface area contributed by atoms with Crippen molar-refractivity contribution >= 4 is 17.5 Å². The average Bonchev–Trinajstić information content (AvgIpc) is 2.80. The Bertz CT molecular complexity index is 1360. The Balaban J connectivity index is 1.97. The van der Waals surface area contributed by atoms with Crippen LogP contribution < -0.4 is 15.8 Å². The highest BCUT2D eigenvalue weighted by Crippen LogP contribution is 2.35. The second kappa shape index (κ2) is 10.6. The van der Waals surface area contributed by atoms with Crippen molar-refractivity contribution in [2.45, 2.75) is 25.6 Å². The van der Waals surface area contributed by atoms with Crippen molar-refractivity contribution in [3.8, 4) is 11.5 Å². The molecule has 3 aromatic carbocycles. The van der Waals surface area contributed by atoms with E-state index in [0.717, 1.165) is 36.4 Å². The minimum Gasteiger partial charge on any atom is -0.456 e. The number of rotatable bonds is 8. The van der Waals surface area contributed by atoms with Gasteiger partial charge in [0.25, 0.3) is 17.9 Å². The minimum atomic E-state index is -4.80. The van der Waals surface area contributed by atoms with Crippen molar-refractivity contribution in [3.05, 3.63) is 98.6 Å². The summed E-state index contributed by atoms with van der Waals surface area (Å²) in [5.74, 6) is -4.10. The summed E-state index contributed by atoms with van der Waals surface area (Å²) in [6.07, 6.45) is -5.52. The normalized spacial score (nSPS) is 12.1. The standard InChI is InChI=1S/C24H18F5N3O5/c1-12-8-15(25)3-7-20(12)37-21-6-2-14(24(27,28)29)11-17(21)23(34)31-16-4-5-18(26)13(9-16)10-19(22(30)33)32(35)36/h2-9,11,19H,10H2,1H3,(H2,30,33)(H,31,34). The number of halogens is 5. The van der Waals surface area contributed by atoms with Crippen LogP contribution in [0.1, 0.15) is 27.0 Å². The Hall–Kier alpha value is -4.55. The molecule has 3 aromatic rings. The van der Waals surface area contributed by atoms with Gasteiger partial charge in [0.2, 0.25) is 0 Å². The lowest BCUT2D eigenvalue weighted by Crippen LogP contribution is -2.37. The zero-order valence-corrected chi connectivity index (χ0v) is 18.9. The number of carbonyl (C=O) groups is 2. The molecule has 0 saturated carbocycles. The fourth-order valence-electron chi connectivity index (χ4n) is 3.31. The van der Waals surface area contributed by atoms with Gasteiger partial charge in [-0.3, -0.25) is 19.7 Å². The summed E-state index contributed by atoms with van der Waals surface area (Å²) in [4.78, 5) is 34.3. The highest BCUT2D eigenvalue weighted by atomic mass is 19.4. The monoisotopic (exact) mass is 523 g/mol. The van der Waals surface area contributed by atoms with Crippen LogP contribution in [0.2, 0.25) is 0 Å². The maximum absolute atomic E-state index is 14.2. The molecule has 8 nitrogen and oxygen atoms in total. The van der Waals surface area contributed by atoms with Gasteiger partial charge in [-0.2, -0.15) is 13.2 Å². The molecule has 1 atom stereocenters. The van der Waals surface area contributed by atoms with Crippen LogP contribution in [0.4, 0.5) is 27.6 Å². The van der Waals surface area contributed by atoms with Crippen molar-refractivity contribution < 1.29 is 41.2 Å². The molecular formula is C24H18F5N3O5. The summed E-state index contributed by atoms with van der Waals surface area (Å²) >= 11 is 0. The number of hydrogen-bond donors (Lipinski definition) is 2. The number of benzene rings is 3. The molecule has 0 aromatic heterocycles. The van der Waals surface area contributed by atoms with E-state index in [2.05, 4.69) is 5.32 Å². The molecule has 0 heterocycles. The molecule has 0 spiro atoms. The van der Waals surface area contributed by atoms with Gasteiger partial charge in [0.15, 0.2) is 0 Å². The van der Waals surface area contributed by atoms with Crippen molar-refractivity contribution in [2.24, 2.45) is 5.73 Å². The summed E-state index contributed by atoms with van der Waals surface area (Å²) in [6, 6.07) is 6.57. The predicted octanol–water partition coefficient (Wildman–Crippen LogP) is 5.01. The molecule has 2 amide bonds. The molecule has 0 aliphatic carbocycles. The van der Waals surface area contributed by atoms with Crippen LogP contribution >= 0.6 is 0 Å². The number of hydrogen-bond acceptors (Lipinski definition) is 5. The van der Waals surface area contributed by atoms with Crippen molar-refractivity contribution in [3.63, 3.8) is 0 Å². The number of nitrogens with one attached hydrogen (secondary N) is 1. The lowest BCUT2D eigenvalue weighted by Gasteiger charge is -2.16. The molecular weight excluding hydrogens is 505 g/mol. The van der Waals surface area contributed by atoms with E-state index >= 15 is 0 Å². The highest BCUT2D eigenvalue weighted by molar-refractivity contribution is 6.06. The molecule has 0 aliphatic heterocycles. The van der Waals surface area contributed by atoms with E-state index in [0.29, 0.717) is 17.7 Å². The van der Waals surface area contributed by atoms with E-state index in [1.165, 1.54) is 13.0 Å². The number of amides is 2. The van der Waals surface area contributed by atoms with Gasteiger partial charge in [0.05, 0.1) is 17.5 Å². The van der Waals surface area contributed by atoms with E-state index < -0.39 is 58.1 Å². The van der Waals surface area contributed by atoms with Crippen molar-refractivity contribution in [1.29, 1.82) is 0 Å². The molecule has 3 N–H and O–H groups in total. The van der Waals surface area contributed by atoms with Crippen molar-refractivity contribution in [1.82, 2.24) is 0 Å². The molecule has 1 unspecified atom stereocenters. The maximum Gasteiger partial charge on any atom is 0.416 e. The number of nitrogens with two attached hydrogens (primary N) is 1. The molecule has 0 aliphatic rings. The molecule has 3 rings (SSSR count). The number of aryl methyl sites for hydroxylation is 1. The Kier molecular flexibility index (Phi) is 7.75. The van der Waals surface area contributed by atoms with Crippen LogP contribution in [-0.2, 0) is 17.4 Å². The Morgan fingerprint density at radius 2 is 1.73 bits per heavy atom. The lowest BCUT2D eigenvalue weighted by atomic mass is 10.0. The number of carbonyl (C=O) groups excluding carboxylic acids is 2. The van der Waals surface area contributed by atoms with Gasteiger partial charge < -0.3 is 15.8 Å². The second-order valence-corrected chi connectivity index (χ2v) is 7.89. The minimum absolute atomic E-state index is 0.0801. The largest absolute Gasteiger partial charge is 0.456 e. The fourth-order valence-corrected chi connectivity index (χ4v) is 3.31. The number of ether oxygens (including phenoxy) is 1. The summed E-state index contributed by atoms with van der Waals surface area (Å²) in [7, 11) is 0. The number of primary amides is 1. The first kappa shape index (κ1) is 27.0. The van der Waals surface area contributed by atoms with Crippen LogP contribution in [-0.4, -0.2) is 22.8 Å². The van der Waals surface area contributed by atoms with E-state index in [4.69, 9.17) is 10.5 Å². The van der Waals surface area contributed by atoms with Gasteiger partial charge in [0.1, 0.15) is 23.1 Å². The van der Waals surface area contributed by atoms with Crippen molar-refractivity contribution in [2.75, 3.05) is 5.32 Å². The predicted molar refractivity (Wildman–Crippen MR) is 121 cm³/mol. The number of alkyl halides is 3. The topological polar surface area (TPSA) is 125 Å². The van der Waals surface area contributed by atoms with Gasteiger partial charge in [-0.1, -0.05) is 0 Å². The summed E-state index contributed by atoms with van der Waals surface area (Å²) in [6.45, 7) is 1.49. The fraction of sp³-hybridized carbons (Fsp3) is 0.167. The van der Waals surface area contributed by atoms with E-state index in [1.54, 1.807) is 0 Å². The molecule has 0 radical (unpaired) electrons. The molecule has 0 saturated heterocycles. The van der Waals surface area contributed by atoms with Gasteiger partial charge in [0, 0.05) is 10.6 Å². The quantitative estimate of drug-likeness (QED) is 0.244. The highest BCUT2D eigenvalue weighted by Gasteiger charge is 2.32. The summed E-state index contributed by atoms with van der Waals surface area (Å²) in [5, 5.41) is 13.3. The number of nitro groups is 1. The maximum atomic E-state index is 14.2. The third kappa shape index (κ3) is 6.57. The molecule has 37 heavy (non-hydrogen) atoms. The van der Waals surface area contributed by atoms with Crippen LogP contribution in [0.3, 0.4) is 0 Å². The van der Waals surface area contributed by atoms with E-state index in [9.17, 15) is 41.7 Å². The first-order valence-electron chi connectivity index (χ1n) is 10.4. The molecule has 194 valence electrons. The summed E-state index contributed by atoms with van der Waals surface area (Å²) < 4.78 is 73.2. The lowest BCUT2D eigenvalue weighted by molar-refractivity contribution is -0.507. The Labute approximate surface area is 206 Å². The van der Waals surface area contributed by atoms with Gasteiger partial charge >= 0.3 is 6.18 Å². The zero-order chi connectivity index (χ0) is 27.5. The first-order chi connectivity index (χ1) is 17.3. The van der Waals surface area contributed by atoms with Crippen LogP contribution in [0.15, 0.2) is 54.6 Å². The van der Waals surface area contributed by atoms with E-state index in [1.807, 2.05) is 0 Å². The van der Waals surface area contributed by atoms with Gasteiger partial charge in [-0.25, -0.2) is 8.78 Å². The zero-order valence-electron chi connectivity index (χ0n) is 18.9. The number of nitrogens with zero attached hydrogens (tertiary/aromatic N) is 1. The Morgan fingerprint density at radius 1 is 1.05 bits per heavy atom. The average molecular weight is 523 g/mol. The SMILES string of the molecule is Cc1cc(F)ccc1Oc1ccc(C(F)(F)F)cc1C(=O)Nc1ccc(F)c(CC(C(N)=O)[N+](=O)[O-])c1. The van der Waals surface area contributed by atoms with Crippen LogP contribution in [0, 0.1) is 28.7 Å². The van der Waals surface area contributed by atoms with Gasteiger partial charge in [-0.05, 0) is 72.6 Å². The number of anilines is 1. The third-order valence-corrected chi connectivity index (χ3v) is 5.21. The van der Waals surface area contributed by atoms with Gasteiger partial charge in [-0.15, -0.1) is 0 Å². The Morgan fingerprint density at radius 3 is 2.32 bits per heavy atom. The second-order valence-electron chi connectivity index (χ2n) is 7.89. The van der Waals surface area contributed by atoms with Crippen LogP contribution in [0.5, 0.6) is 11.5 Å². The first-order valence-corrected chi connectivity index (χ1v) is 10.4. The smallest absolute Gasteiger partial charge is 0.416 e. The molecule has 0 fully saturated rings. The molecule has 13 heteroatoms. The summed E-state index contributed by atoms with van der Waals surface area (Å²) in [5.41, 5.74) is 3.12. The van der Waals surface area contributed by atoms with Crippen LogP contribution in [0.25, 0.3) is 0 Å².